The number of fused-ring (bicyclic) bond motifs is 1. The minimum Gasteiger partial charge on any atom is -0.482 e. The van der Waals surface area contributed by atoms with E-state index in [2.05, 4.69) is 10.9 Å². The number of benzene rings is 1. The van der Waals surface area contributed by atoms with E-state index in [-0.39, 0.29) is 31.5 Å². The second kappa shape index (κ2) is 7.43. The number of hydrogen-bond donors (Lipinski definition) is 2. The summed E-state index contributed by atoms with van der Waals surface area (Å²) in [4.78, 5) is 49.9. The van der Waals surface area contributed by atoms with Crippen LogP contribution in [0, 0.1) is 0 Å². The van der Waals surface area contributed by atoms with Gasteiger partial charge in [0.05, 0.1) is 17.3 Å². The van der Waals surface area contributed by atoms with Gasteiger partial charge in [-0.1, -0.05) is 12.1 Å². The third kappa shape index (κ3) is 4.02. The largest absolute Gasteiger partial charge is 0.482 e. The van der Waals surface area contributed by atoms with Crippen molar-refractivity contribution in [1.29, 1.82) is 0 Å². The number of hydrogen-bond acceptors (Lipinski definition) is 6. The lowest BCUT2D eigenvalue weighted by Gasteiger charge is -2.28. The molecule has 1 aromatic carbocycles. The molecule has 0 atom stereocenters. The van der Waals surface area contributed by atoms with Crippen molar-refractivity contribution in [3.63, 3.8) is 0 Å². The SMILES string of the molecule is O=C(CN1CSCC1=O)NNC(=O)CN1C(=O)COc2ccccc21. The van der Waals surface area contributed by atoms with E-state index in [1.165, 1.54) is 21.6 Å². The van der Waals surface area contributed by atoms with Gasteiger partial charge < -0.3 is 9.64 Å². The van der Waals surface area contributed by atoms with Gasteiger partial charge in [0.1, 0.15) is 18.8 Å². The molecule has 10 heteroatoms. The van der Waals surface area contributed by atoms with Crippen LogP contribution in [0.2, 0.25) is 0 Å². The number of nitrogens with zero attached hydrogens (tertiary/aromatic N) is 2. The quantitative estimate of drug-likeness (QED) is 0.670. The molecule has 0 unspecified atom stereocenters. The van der Waals surface area contributed by atoms with E-state index in [1.807, 2.05) is 0 Å². The highest BCUT2D eigenvalue weighted by molar-refractivity contribution is 8.00. The third-order valence-corrected chi connectivity index (χ3v) is 4.56. The van der Waals surface area contributed by atoms with Crippen molar-refractivity contribution in [3.05, 3.63) is 24.3 Å². The van der Waals surface area contributed by atoms with E-state index < -0.39 is 11.8 Å². The molecule has 0 aliphatic carbocycles. The molecular weight excluding hydrogens is 348 g/mol. The van der Waals surface area contributed by atoms with Crippen molar-refractivity contribution in [2.24, 2.45) is 0 Å². The van der Waals surface area contributed by atoms with Crippen LogP contribution in [0.5, 0.6) is 5.75 Å². The molecular formula is C15H16N4O5S. The van der Waals surface area contributed by atoms with Gasteiger partial charge in [0.15, 0.2) is 6.61 Å². The summed E-state index contributed by atoms with van der Waals surface area (Å²) in [5, 5.41) is 0. The zero-order valence-corrected chi connectivity index (χ0v) is 14.0. The van der Waals surface area contributed by atoms with E-state index in [9.17, 15) is 19.2 Å². The summed E-state index contributed by atoms with van der Waals surface area (Å²) in [5.74, 6) is -0.179. The van der Waals surface area contributed by atoms with Crippen LogP contribution in [-0.2, 0) is 19.2 Å². The van der Waals surface area contributed by atoms with Gasteiger partial charge in [-0.15, -0.1) is 11.8 Å². The smallest absolute Gasteiger partial charge is 0.265 e. The number of amides is 4. The van der Waals surface area contributed by atoms with Crippen LogP contribution in [0.1, 0.15) is 0 Å². The summed E-state index contributed by atoms with van der Waals surface area (Å²) < 4.78 is 5.30. The Balaban J connectivity index is 1.51. The fourth-order valence-electron chi connectivity index (χ4n) is 2.40. The summed E-state index contributed by atoms with van der Waals surface area (Å²) >= 11 is 1.43. The first-order valence-electron chi connectivity index (χ1n) is 7.50. The zero-order valence-electron chi connectivity index (χ0n) is 13.2. The molecule has 1 fully saturated rings. The van der Waals surface area contributed by atoms with Gasteiger partial charge >= 0.3 is 0 Å². The zero-order chi connectivity index (χ0) is 17.8. The Morgan fingerprint density at radius 1 is 1.08 bits per heavy atom. The average molecular weight is 364 g/mol. The van der Waals surface area contributed by atoms with Gasteiger partial charge in [-0.25, -0.2) is 0 Å². The third-order valence-electron chi connectivity index (χ3n) is 3.61. The van der Waals surface area contributed by atoms with Crippen molar-refractivity contribution in [1.82, 2.24) is 15.8 Å². The van der Waals surface area contributed by atoms with Crippen LogP contribution in [-0.4, -0.2) is 59.9 Å². The van der Waals surface area contributed by atoms with Gasteiger partial charge in [0.25, 0.3) is 17.7 Å². The molecule has 0 saturated carbocycles. The van der Waals surface area contributed by atoms with Gasteiger partial charge in [0, 0.05) is 0 Å². The normalized spacial score (nSPS) is 16.3. The van der Waals surface area contributed by atoms with E-state index in [0.717, 1.165) is 0 Å². The Morgan fingerprint density at radius 3 is 2.52 bits per heavy atom. The lowest BCUT2D eigenvalue weighted by atomic mass is 10.2. The van der Waals surface area contributed by atoms with Crippen molar-refractivity contribution < 1.29 is 23.9 Å². The number of para-hydroxylation sites is 2. The molecule has 2 aliphatic rings. The van der Waals surface area contributed by atoms with Gasteiger partial charge in [-0.2, -0.15) is 0 Å². The van der Waals surface area contributed by atoms with Crippen LogP contribution in [0.3, 0.4) is 0 Å². The first-order valence-corrected chi connectivity index (χ1v) is 8.65. The highest BCUT2D eigenvalue weighted by atomic mass is 32.2. The Morgan fingerprint density at radius 2 is 1.80 bits per heavy atom. The molecule has 0 radical (unpaired) electrons. The van der Waals surface area contributed by atoms with E-state index in [1.54, 1.807) is 24.3 Å². The van der Waals surface area contributed by atoms with Crippen LogP contribution in [0.25, 0.3) is 0 Å². The Kier molecular flexibility index (Phi) is 5.08. The lowest BCUT2D eigenvalue weighted by molar-refractivity contribution is -0.134. The Hall–Kier alpha value is -2.75. The molecule has 2 N–H and O–H groups in total. The molecule has 1 aromatic rings. The fraction of sp³-hybridized carbons (Fsp3) is 0.333. The number of ether oxygens (including phenoxy) is 1. The van der Waals surface area contributed by atoms with E-state index in [4.69, 9.17) is 4.74 Å². The average Bonchev–Trinajstić information content (AvgIpc) is 3.00. The topological polar surface area (TPSA) is 108 Å². The predicted molar refractivity (Wildman–Crippen MR) is 89.6 cm³/mol. The molecule has 0 bridgehead atoms. The maximum absolute atomic E-state index is 12.0. The number of rotatable bonds is 4. The highest BCUT2D eigenvalue weighted by Gasteiger charge is 2.27. The Labute approximate surface area is 147 Å². The van der Waals surface area contributed by atoms with Gasteiger partial charge in [-0.05, 0) is 12.1 Å². The number of carbonyl (C=O) groups excluding carboxylic acids is 4. The van der Waals surface area contributed by atoms with Crippen molar-refractivity contribution in [2.75, 3.05) is 36.2 Å². The predicted octanol–water partition coefficient (Wildman–Crippen LogP) is -0.908. The molecule has 4 amide bonds. The van der Waals surface area contributed by atoms with E-state index in [0.29, 0.717) is 23.1 Å². The first-order chi connectivity index (χ1) is 12.0. The summed E-state index contributed by atoms with van der Waals surface area (Å²) in [7, 11) is 0. The van der Waals surface area contributed by atoms with Crippen molar-refractivity contribution in [3.8, 4) is 5.75 Å². The van der Waals surface area contributed by atoms with Crippen molar-refractivity contribution >= 4 is 41.1 Å². The number of nitrogens with one attached hydrogen (secondary N) is 2. The number of thioether (sulfide) groups is 1. The summed E-state index contributed by atoms with van der Waals surface area (Å²) in [6, 6.07) is 6.89. The number of carbonyl (C=O) groups is 4. The fourth-order valence-corrected chi connectivity index (χ4v) is 3.31. The molecule has 0 aromatic heterocycles. The molecule has 132 valence electrons. The van der Waals surface area contributed by atoms with Gasteiger partial charge in [-0.3, -0.25) is 34.9 Å². The number of anilines is 1. The van der Waals surface area contributed by atoms with Crippen LogP contribution in [0.4, 0.5) is 5.69 Å². The molecule has 3 rings (SSSR count). The standard InChI is InChI=1S/C15H16N4O5S/c20-12(5-18-9-25-8-15(18)23)16-17-13(21)6-19-10-3-1-2-4-11(10)24-7-14(19)22/h1-4H,5-9H2,(H,16,20)(H,17,21). The summed E-state index contributed by atoms with van der Waals surface area (Å²) in [6.45, 7) is -0.519. The van der Waals surface area contributed by atoms with Gasteiger partial charge in [0.2, 0.25) is 5.91 Å². The maximum Gasteiger partial charge on any atom is 0.265 e. The molecule has 0 spiro atoms. The highest BCUT2D eigenvalue weighted by Crippen LogP contribution is 2.31. The first kappa shape index (κ1) is 17.1. The number of hydrazine groups is 1. The monoisotopic (exact) mass is 364 g/mol. The second-order valence-electron chi connectivity index (χ2n) is 5.40. The summed E-state index contributed by atoms with van der Waals surface area (Å²) in [6.07, 6.45) is 0. The molecule has 25 heavy (non-hydrogen) atoms. The van der Waals surface area contributed by atoms with Crippen LogP contribution < -0.4 is 20.5 Å². The Bertz CT molecular complexity index is 726. The maximum atomic E-state index is 12.0. The second-order valence-corrected chi connectivity index (χ2v) is 6.36. The molecule has 2 heterocycles. The van der Waals surface area contributed by atoms with Crippen LogP contribution in [0.15, 0.2) is 24.3 Å². The van der Waals surface area contributed by atoms with Crippen molar-refractivity contribution in [2.45, 2.75) is 0 Å². The molecule has 2 aliphatic heterocycles. The van der Waals surface area contributed by atoms with Crippen LogP contribution >= 0.6 is 11.8 Å². The van der Waals surface area contributed by atoms with E-state index >= 15 is 0 Å². The molecule has 1 saturated heterocycles. The lowest BCUT2D eigenvalue weighted by Crippen LogP contribution is -2.51. The minimum absolute atomic E-state index is 0.109. The minimum atomic E-state index is -0.555. The summed E-state index contributed by atoms with van der Waals surface area (Å²) in [5.41, 5.74) is 5.00. The molecule has 9 nitrogen and oxygen atoms in total.